The van der Waals surface area contributed by atoms with Gasteiger partial charge in [-0.1, -0.05) is 22.6 Å². The Kier molecular flexibility index (Phi) is 5.68. The maximum absolute atomic E-state index is 11.8. The van der Waals surface area contributed by atoms with Gasteiger partial charge < -0.3 is 15.0 Å². The zero-order valence-corrected chi connectivity index (χ0v) is 13.3. The second kappa shape index (κ2) is 6.58. The van der Waals surface area contributed by atoms with Crippen LogP contribution in [0.25, 0.3) is 0 Å². The number of ether oxygens (including phenoxy) is 1. The van der Waals surface area contributed by atoms with Gasteiger partial charge in [0.25, 0.3) is 0 Å². The molecule has 1 heterocycles. The van der Waals surface area contributed by atoms with Crippen LogP contribution < -0.4 is 5.32 Å². The summed E-state index contributed by atoms with van der Waals surface area (Å²) >= 11 is 2.04. The molecular weight excluding hydrogens is 347 g/mol. The Morgan fingerprint density at radius 2 is 1.89 bits per heavy atom. The van der Waals surface area contributed by atoms with E-state index in [9.17, 15) is 9.59 Å². The van der Waals surface area contributed by atoms with Gasteiger partial charge in [-0.3, -0.25) is 4.79 Å². The number of piperidine rings is 1. The van der Waals surface area contributed by atoms with E-state index in [-0.39, 0.29) is 18.0 Å². The highest BCUT2D eigenvalue weighted by Gasteiger charge is 2.27. The summed E-state index contributed by atoms with van der Waals surface area (Å²) in [7, 11) is 0. The lowest BCUT2D eigenvalue weighted by Crippen LogP contribution is -2.48. The predicted molar refractivity (Wildman–Crippen MR) is 77.9 cm³/mol. The predicted octanol–water partition coefficient (Wildman–Crippen LogP) is 1.94. The monoisotopic (exact) mass is 368 g/mol. The van der Waals surface area contributed by atoms with E-state index in [0.717, 1.165) is 12.8 Å². The Balaban J connectivity index is 2.35. The standard InChI is InChI=1S/C12H21IN2O3/c1-12(2,3)18-11(17)15-6-4-9(5-7-15)14-10(16)8-13/h9H,4-8H2,1-3H3,(H,14,16). The zero-order valence-electron chi connectivity index (χ0n) is 11.2. The first-order valence-electron chi connectivity index (χ1n) is 6.15. The van der Waals surface area contributed by atoms with E-state index in [0.29, 0.717) is 17.5 Å². The fourth-order valence-electron chi connectivity index (χ4n) is 1.80. The first-order valence-corrected chi connectivity index (χ1v) is 7.67. The first kappa shape index (κ1) is 15.5. The molecule has 0 radical (unpaired) electrons. The SMILES string of the molecule is CC(C)(C)OC(=O)N1CCC(NC(=O)CI)CC1. The van der Waals surface area contributed by atoms with E-state index in [1.165, 1.54) is 0 Å². The van der Waals surface area contributed by atoms with Gasteiger partial charge in [0.2, 0.25) is 5.91 Å². The van der Waals surface area contributed by atoms with Crippen molar-refractivity contribution in [3.63, 3.8) is 0 Å². The summed E-state index contributed by atoms with van der Waals surface area (Å²) in [5, 5.41) is 2.95. The molecule has 6 heteroatoms. The molecule has 2 amide bonds. The van der Waals surface area contributed by atoms with Crippen LogP contribution in [-0.2, 0) is 9.53 Å². The molecule has 0 aliphatic carbocycles. The minimum Gasteiger partial charge on any atom is -0.444 e. The molecule has 5 nitrogen and oxygen atoms in total. The fourth-order valence-corrected chi connectivity index (χ4v) is 2.02. The first-order chi connectivity index (χ1) is 8.31. The van der Waals surface area contributed by atoms with Gasteiger partial charge in [0.05, 0.1) is 4.43 Å². The molecule has 0 aromatic carbocycles. The molecule has 0 spiro atoms. The smallest absolute Gasteiger partial charge is 0.410 e. The number of carbonyl (C=O) groups is 2. The molecule has 1 aliphatic heterocycles. The van der Waals surface area contributed by atoms with Crippen LogP contribution in [0.4, 0.5) is 4.79 Å². The van der Waals surface area contributed by atoms with Crippen LogP contribution in [0, 0.1) is 0 Å². The highest BCUT2D eigenvalue weighted by molar-refractivity contribution is 14.1. The summed E-state index contributed by atoms with van der Waals surface area (Å²) in [4.78, 5) is 24.8. The van der Waals surface area contributed by atoms with E-state index in [1.807, 2.05) is 43.4 Å². The van der Waals surface area contributed by atoms with Crippen LogP contribution in [0.2, 0.25) is 0 Å². The summed E-state index contributed by atoms with van der Waals surface area (Å²) in [6.45, 7) is 6.86. The van der Waals surface area contributed by atoms with Crippen LogP contribution in [-0.4, -0.2) is 46.1 Å². The van der Waals surface area contributed by atoms with Gasteiger partial charge in [0.1, 0.15) is 5.60 Å². The van der Waals surface area contributed by atoms with Crippen LogP contribution >= 0.6 is 22.6 Å². The van der Waals surface area contributed by atoms with Crippen molar-refractivity contribution in [3.05, 3.63) is 0 Å². The number of alkyl halides is 1. The Labute approximate surface area is 122 Å². The molecular formula is C12H21IN2O3. The molecule has 1 saturated heterocycles. The molecule has 0 saturated carbocycles. The average molecular weight is 368 g/mol. The summed E-state index contributed by atoms with van der Waals surface area (Å²) in [6, 6.07) is 0.186. The quantitative estimate of drug-likeness (QED) is 0.599. The van der Waals surface area contributed by atoms with Crippen molar-refractivity contribution in [1.82, 2.24) is 10.2 Å². The van der Waals surface area contributed by atoms with Crippen LogP contribution in [0.5, 0.6) is 0 Å². The molecule has 0 bridgehead atoms. The molecule has 0 atom stereocenters. The summed E-state index contributed by atoms with van der Waals surface area (Å²) in [5.41, 5.74) is -0.455. The van der Waals surface area contributed by atoms with E-state index >= 15 is 0 Å². The number of nitrogens with one attached hydrogen (secondary N) is 1. The molecule has 1 rings (SSSR count). The molecule has 0 aromatic heterocycles. The van der Waals surface area contributed by atoms with Crippen molar-refractivity contribution >= 4 is 34.6 Å². The van der Waals surface area contributed by atoms with Crippen molar-refractivity contribution < 1.29 is 14.3 Å². The van der Waals surface area contributed by atoms with E-state index in [2.05, 4.69) is 5.32 Å². The maximum atomic E-state index is 11.8. The molecule has 1 aliphatic rings. The van der Waals surface area contributed by atoms with Crippen LogP contribution in [0.3, 0.4) is 0 Å². The number of nitrogens with zero attached hydrogens (tertiary/aromatic N) is 1. The van der Waals surface area contributed by atoms with Crippen LogP contribution in [0.15, 0.2) is 0 Å². The topological polar surface area (TPSA) is 58.6 Å². The van der Waals surface area contributed by atoms with Gasteiger partial charge in [0, 0.05) is 19.1 Å². The van der Waals surface area contributed by atoms with Crippen molar-refractivity contribution in [2.24, 2.45) is 0 Å². The molecule has 1 fully saturated rings. The Morgan fingerprint density at radius 3 is 2.33 bits per heavy atom. The number of carbonyl (C=O) groups excluding carboxylic acids is 2. The van der Waals surface area contributed by atoms with Gasteiger partial charge in [0.15, 0.2) is 0 Å². The number of hydrogen-bond donors (Lipinski definition) is 1. The fraction of sp³-hybridized carbons (Fsp3) is 0.833. The Hall–Kier alpha value is -0.530. The highest BCUT2D eigenvalue weighted by atomic mass is 127. The minimum atomic E-state index is -0.455. The number of rotatable bonds is 2. The summed E-state index contributed by atoms with van der Waals surface area (Å²) in [6.07, 6.45) is 1.32. The van der Waals surface area contributed by atoms with Crippen molar-refractivity contribution in [2.45, 2.75) is 45.3 Å². The molecule has 0 aromatic rings. The molecule has 1 N–H and O–H groups in total. The lowest BCUT2D eigenvalue weighted by Gasteiger charge is -2.33. The lowest BCUT2D eigenvalue weighted by molar-refractivity contribution is -0.119. The largest absolute Gasteiger partial charge is 0.444 e. The second-order valence-electron chi connectivity index (χ2n) is 5.44. The van der Waals surface area contributed by atoms with Gasteiger partial charge in [-0.25, -0.2) is 4.79 Å². The normalized spacial score (nSPS) is 17.4. The lowest BCUT2D eigenvalue weighted by atomic mass is 10.1. The Morgan fingerprint density at radius 1 is 1.33 bits per heavy atom. The van der Waals surface area contributed by atoms with Gasteiger partial charge >= 0.3 is 6.09 Å². The molecule has 104 valence electrons. The molecule has 0 unspecified atom stereocenters. The highest BCUT2D eigenvalue weighted by Crippen LogP contribution is 2.15. The van der Waals surface area contributed by atoms with Crippen molar-refractivity contribution in [3.8, 4) is 0 Å². The van der Waals surface area contributed by atoms with Crippen LogP contribution in [0.1, 0.15) is 33.6 Å². The number of likely N-dealkylation sites (tertiary alicyclic amines) is 1. The minimum absolute atomic E-state index is 0.0614. The average Bonchev–Trinajstić information content (AvgIpc) is 2.27. The van der Waals surface area contributed by atoms with Gasteiger partial charge in [-0.15, -0.1) is 0 Å². The second-order valence-corrected chi connectivity index (χ2v) is 6.21. The summed E-state index contributed by atoms with van der Waals surface area (Å²) < 4.78 is 5.79. The maximum Gasteiger partial charge on any atom is 0.410 e. The number of hydrogen-bond acceptors (Lipinski definition) is 3. The van der Waals surface area contributed by atoms with E-state index in [1.54, 1.807) is 4.90 Å². The number of halogens is 1. The van der Waals surface area contributed by atoms with E-state index in [4.69, 9.17) is 4.74 Å². The van der Waals surface area contributed by atoms with Gasteiger partial charge in [-0.05, 0) is 33.6 Å². The third kappa shape index (κ3) is 5.41. The molecule has 18 heavy (non-hydrogen) atoms. The third-order valence-electron chi connectivity index (χ3n) is 2.63. The van der Waals surface area contributed by atoms with Crippen molar-refractivity contribution in [2.75, 3.05) is 17.5 Å². The third-order valence-corrected chi connectivity index (χ3v) is 3.33. The number of amides is 2. The van der Waals surface area contributed by atoms with Gasteiger partial charge in [-0.2, -0.15) is 0 Å². The van der Waals surface area contributed by atoms with E-state index < -0.39 is 5.60 Å². The summed E-state index contributed by atoms with van der Waals surface area (Å²) in [5.74, 6) is 0.0614. The Bertz CT molecular complexity index is 307. The van der Waals surface area contributed by atoms with Crippen molar-refractivity contribution in [1.29, 1.82) is 0 Å². The zero-order chi connectivity index (χ0) is 13.8.